The molecule has 5 nitrogen and oxygen atoms in total. The summed E-state index contributed by atoms with van der Waals surface area (Å²) in [5.41, 5.74) is 0.129. The highest BCUT2D eigenvalue weighted by atomic mass is 32.1. The fourth-order valence-electron chi connectivity index (χ4n) is 1.34. The van der Waals surface area contributed by atoms with Crippen LogP contribution in [0.25, 0.3) is 0 Å². The lowest BCUT2D eigenvalue weighted by Crippen LogP contribution is -2.35. The van der Waals surface area contributed by atoms with E-state index >= 15 is 0 Å². The van der Waals surface area contributed by atoms with Gasteiger partial charge in [0.25, 0.3) is 0 Å². The average molecular weight is 270 g/mol. The van der Waals surface area contributed by atoms with Crippen molar-refractivity contribution in [3.8, 4) is 0 Å². The van der Waals surface area contributed by atoms with E-state index in [0.717, 1.165) is 11.3 Å². The molecule has 6 heteroatoms. The summed E-state index contributed by atoms with van der Waals surface area (Å²) in [5.74, 6) is 0. The largest absolute Gasteiger partial charge is 0.444 e. The standard InChI is InChI=1S/C12H18N2O3S/c1-8-13-10(7-18-8)9(5-6-15)14-11(16)17-12(2,3)4/h6-7,9H,5H2,1-4H3,(H,14,16)/t9-/m1/s1. The molecule has 0 aliphatic heterocycles. The van der Waals surface area contributed by atoms with Crippen LogP contribution in [0.3, 0.4) is 0 Å². The van der Waals surface area contributed by atoms with Crippen LogP contribution in [0.15, 0.2) is 5.38 Å². The lowest BCUT2D eigenvalue weighted by Gasteiger charge is -2.22. The summed E-state index contributed by atoms with van der Waals surface area (Å²) in [6, 6.07) is -0.428. The molecule has 0 saturated heterocycles. The SMILES string of the molecule is Cc1nc([C@@H](CC=O)NC(=O)OC(C)(C)C)cs1. The van der Waals surface area contributed by atoms with Crippen LogP contribution >= 0.6 is 11.3 Å². The Balaban J connectivity index is 2.69. The number of carbonyl (C=O) groups is 2. The molecule has 0 bridgehead atoms. The summed E-state index contributed by atoms with van der Waals surface area (Å²) in [7, 11) is 0. The van der Waals surface area contributed by atoms with E-state index in [4.69, 9.17) is 4.74 Å². The molecular weight excluding hydrogens is 252 g/mol. The number of rotatable bonds is 4. The van der Waals surface area contributed by atoms with Gasteiger partial charge >= 0.3 is 6.09 Å². The van der Waals surface area contributed by atoms with Gasteiger partial charge < -0.3 is 14.8 Å². The molecule has 0 aromatic carbocycles. The fraction of sp³-hybridized carbons (Fsp3) is 0.583. The van der Waals surface area contributed by atoms with Crippen molar-refractivity contribution in [1.29, 1.82) is 0 Å². The lowest BCUT2D eigenvalue weighted by molar-refractivity contribution is -0.108. The molecule has 0 radical (unpaired) electrons. The summed E-state index contributed by atoms with van der Waals surface area (Å²) in [6.45, 7) is 7.23. The smallest absolute Gasteiger partial charge is 0.408 e. The number of thiazole rings is 1. The fourth-order valence-corrected chi connectivity index (χ4v) is 2.01. The summed E-state index contributed by atoms with van der Waals surface area (Å²) < 4.78 is 5.15. The van der Waals surface area contributed by atoms with Gasteiger partial charge in [-0.15, -0.1) is 11.3 Å². The van der Waals surface area contributed by atoms with Crippen LogP contribution in [-0.2, 0) is 9.53 Å². The second kappa shape index (κ2) is 5.95. The van der Waals surface area contributed by atoms with Gasteiger partial charge in [0.2, 0.25) is 0 Å². The van der Waals surface area contributed by atoms with Gasteiger partial charge in [-0.2, -0.15) is 0 Å². The maximum absolute atomic E-state index is 11.7. The minimum Gasteiger partial charge on any atom is -0.444 e. The predicted molar refractivity (Wildman–Crippen MR) is 69.6 cm³/mol. The second-order valence-electron chi connectivity index (χ2n) is 4.89. The Kier molecular flexibility index (Phi) is 4.84. The number of aryl methyl sites for hydroxylation is 1. The third-order valence-corrected chi connectivity index (χ3v) is 2.81. The molecule has 0 spiro atoms. The molecule has 18 heavy (non-hydrogen) atoms. The van der Waals surface area contributed by atoms with Crippen molar-refractivity contribution in [3.05, 3.63) is 16.1 Å². The van der Waals surface area contributed by atoms with E-state index < -0.39 is 17.7 Å². The number of nitrogens with zero attached hydrogens (tertiary/aromatic N) is 1. The number of amides is 1. The molecule has 0 aliphatic carbocycles. The summed E-state index contributed by atoms with van der Waals surface area (Å²) >= 11 is 1.48. The van der Waals surface area contributed by atoms with Gasteiger partial charge in [0.15, 0.2) is 0 Å². The molecule has 1 rings (SSSR count). The van der Waals surface area contributed by atoms with Gasteiger partial charge in [-0.3, -0.25) is 0 Å². The molecule has 0 aliphatic rings. The van der Waals surface area contributed by atoms with Crippen LogP contribution in [0.4, 0.5) is 4.79 Å². The third-order valence-electron chi connectivity index (χ3n) is 2.02. The molecule has 100 valence electrons. The molecule has 1 aromatic heterocycles. The normalized spacial score (nSPS) is 12.9. The minimum absolute atomic E-state index is 0.183. The Morgan fingerprint density at radius 3 is 2.72 bits per heavy atom. The number of hydrogen-bond donors (Lipinski definition) is 1. The van der Waals surface area contributed by atoms with Crippen molar-refractivity contribution in [2.75, 3.05) is 0 Å². The van der Waals surface area contributed by atoms with Crippen molar-refractivity contribution >= 4 is 23.7 Å². The number of ether oxygens (including phenoxy) is 1. The quantitative estimate of drug-likeness (QED) is 0.854. The number of carbonyl (C=O) groups excluding carboxylic acids is 2. The van der Waals surface area contributed by atoms with E-state index in [2.05, 4.69) is 10.3 Å². The van der Waals surface area contributed by atoms with Crippen molar-refractivity contribution < 1.29 is 14.3 Å². The zero-order valence-corrected chi connectivity index (χ0v) is 11.8. The van der Waals surface area contributed by atoms with E-state index in [9.17, 15) is 9.59 Å². The number of nitrogens with one attached hydrogen (secondary N) is 1. The van der Waals surface area contributed by atoms with E-state index in [1.807, 2.05) is 12.3 Å². The highest BCUT2D eigenvalue weighted by Crippen LogP contribution is 2.19. The van der Waals surface area contributed by atoms with Gasteiger partial charge in [0, 0.05) is 11.8 Å². The van der Waals surface area contributed by atoms with Crippen molar-refractivity contribution in [2.24, 2.45) is 0 Å². The Hall–Kier alpha value is -1.43. The Bertz CT molecular complexity index is 423. The Morgan fingerprint density at radius 1 is 1.61 bits per heavy atom. The first-order chi connectivity index (χ1) is 8.31. The second-order valence-corrected chi connectivity index (χ2v) is 5.95. The number of aldehydes is 1. The summed E-state index contributed by atoms with van der Waals surface area (Å²) in [6.07, 6.45) is 0.402. The number of alkyl carbamates (subject to hydrolysis) is 1. The summed E-state index contributed by atoms with van der Waals surface area (Å²) in [4.78, 5) is 26.6. The van der Waals surface area contributed by atoms with Gasteiger partial charge in [-0.1, -0.05) is 0 Å². The van der Waals surface area contributed by atoms with Gasteiger partial charge in [-0.25, -0.2) is 9.78 Å². The lowest BCUT2D eigenvalue weighted by atomic mass is 10.1. The highest BCUT2D eigenvalue weighted by molar-refractivity contribution is 7.09. The molecular formula is C12H18N2O3S. The van der Waals surface area contributed by atoms with Crippen molar-refractivity contribution in [2.45, 2.75) is 45.8 Å². The number of hydrogen-bond acceptors (Lipinski definition) is 5. The molecule has 0 unspecified atom stereocenters. The first-order valence-electron chi connectivity index (χ1n) is 5.67. The zero-order valence-electron chi connectivity index (χ0n) is 11.0. The van der Waals surface area contributed by atoms with Gasteiger partial charge in [0.1, 0.15) is 11.9 Å². The monoisotopic (exact) mass is 270 g/mol. The third kappa shape index (κ3) is 4.83. The molecule has 1 amide bonds. The van der Waals surface area contributed by atoms with Crippen LogP contribution in [-0.4, -0.2) is 23.0 Å². The van der Waals surface area contributed by atoms with Crippen LogP contribution in [0.1, 0.15) is 43.9 Å². The first-order valence-corrected chi connectivity index (χ1v) is 6.55. The summed E-state index contributed by atoms with van der Waals surface area (Å²) in [5, 5.41) is 5.39. The van der Waals surface area contributed by atoms with Crippen LogP contribution in [0.5, 0.6) is 0 Å². The van der Waals surface area contributed by atoms with Crippen molar-refractivity contribution in [1.82, 2.24) is 10.3 Å². The molecule has 1 aromatic rings. The highest BCUT2D eigenvalue weighted by Gasteiger charge is 2.21. The molecule has 1 N–H and O–H groups in total. The minimum atomic E-state index is -0.562. The van der Waals surface area contributed by atoms with Crippen LogP contribution < -0.4 is 5.32 Å². The average Bonchev–Trinajstić information content (AvgIpc) is 2.61. The molecule has 1 atom stereocenters. The topological polar surface area (TPSA) is 68.3 Å². The van der Waals surface area contributed by atoms with E-state index in [1.165, 1.54) is 11.3 Å². The Labute approximate surface area is 111 Å². The molecule has 0 saturated carbocycles. The predicted octanol–water partition coefficient (Wildman–Crippen LogP) is 2.61. The molecule has 0 fully saturated rings. The maximum atomic E-state index is 11.7. The first kappa shape index (κ1) is 14.6. The van der Waals surface area contributed by atoms with E-state index in [0.29, 0.717) is 5.69 Å². The van der Waals surface area contributed by atoms with Crippen LogP contribution in [0.2, 0.25) is 0 Å². The number of aromatic nitrogens is 1. The van der Waals surface area contributed by atoms with E-state index in [-0.39, 0.29) is 6.42 Å². The van der Waals surface area contributed by atoms with Gasteiger partial charge in [0.05, 0.1) is 16.7 Å². The zero-order chi connectivity index (χ0) is 13.8. The maximum Gasteiger partial charge on any atom is 0.408 e. The van der Waals surface area contributed by atoms with E-state index in [1.54, 1.807) is 20.8 Å². The van der Waals surface area contributed by atoms with Gasteiger partial charge in [-0.05, 0) is 27.7 Å². The van der Waals surface area contributed by atoms with Crippen LogP contribution in [0, 0.1) is 6.92 Å². The Morgan fingerprint density at radius 2 is 2.28 bits per heavy atom. The van der Waals surface area contributed by atoms with Crippen molar-refractivity contribution in [3.63, 3.8) is 0 Å². The molecule has 1 heterocycles.